The first-order valence-corrected chi connectivity index (χ1v) is 8.03. The van der Waals surface area contributed by atoms with E-state index in [1.54, 1.807) is 4.90 Å². The number of piperidine rings is 1. The number of aliphatic hydroxyl groups is 1. The van der Waals surface area contributed by atoms with Crippen molar-refractivity contribution in [2.24, 2.45) is 0 Å². The average Bonchev–Trinajstić information content (AvgIpc) is 3.16. The smallest absolute Gasteiger partial charge is 0.410 e. The molecule has 2 heterocycles. The lowest BCUT2D eigenvalue weighted by atomic mass is 9.90. The van der Waals surface area contributed by atoms with Crippen LogP contribution in [-0.4, -0.2) is 50.7 Å². The van der Waals surface area contributed by atoms with Gasteiger partial charge in [-0.1, -0.05) is 0 Å². The first-order chi connectivity index (χ1) is 10.3. The molecule has 1 aromatic rings. The van der Waals surface area contributed by atoms with Crippen LogP contribution in [0.1, 0.15) is 57.6 Å². The molecule has 0 spiro atoms. The second kappa shape index (κ2) is 5.57. The van der Waals surface area contributed by atoms with Gasteiger partial charge in [0.2, 0.25) is 0 Å². The van der Waals surface area contributed by atoms with E-state index in [2.05, 4.69) is 5.10 Å². The predicted molar refractivity (Wildman–Crippen MR) is 81.7 cm³/mol. The molecule has 3 rings (SSSR count). The van der Waals surface area contributed by atoms with Gasteiger partial charge in [-0.05, 0) is 45.6 Å². The van der Waals surface area contributed by atoms with Gasteiger partial charge in [0.1, 0.15) is 5.60 Å². The molecular weight excluding hydrogens is 282 g/mol. The van der Waals surface area contributed by atoms with Gasteiger partial charge in [0.05, 0.1) is 18.3 Å². The fourth-order valence-corrected chi connectivity index (χ4v) is 2.84. The van der Waals surface area contributed by atoms with E-state index in [0.29, 0.717) is 25.6 Å². The Labute approximate surface area is 131 Å². The third-order valence-electron chi connectivity index (χ3n) is 4.20. The van der Waals surface area contributed by atoms with E-state index in [4.69, 9.17) is 4.74 Å². The Morgan fingerprint density at radius 1 is 1.36 bits per heavy atom. The van der Waals surface area contributed by atoms with E-state index in [-0.39, 0.29) is 12.0 Å². The second-order valence-electron chi connectivity index (χ2n) is 7.37. The van der Waals surface area contributed by atoms with E-state index in [9.17, 15) is 9.90 Å². The number of amides is 1. The van der Waals surface area contributed by atoms with Gasteiger partial charge in [-0.15, -0.1) is 0 Å². The van der Waals surface area contributed by atoms with E-state index in [1.165, 1.54) is 12.8 Å². The fraction of sp³-hybridized carbons (Fsp3) is 0.750. The number of hydrogen-bond donors (Lipinski definition) is 1. The molecule has 22 heavy (non-hydrogen) atoms. The minimum absolute atomic E-state index is 0.0891. The van der Waals surface area contributed by atoms with Crippen LogP contribution in [0.4, 0.5) is 4.79 Å². The van der Waals surface area contributed by atoms with E-state index >= 15 is 0 Å². The summed E-state index contributed by atoms with van der Waals surface area (Å²) >= 11 is 0. The third kappa shape index (κ3) is 3.43. The summed E-state index contributed by atoms with van der Waals surface area (Å²) in [6.07, 6.45) is 6.03. The number of likely N-dealkylation sites (tertiary alicyclic amines) is 1. The molecule has 1 aliphatic carbocycles. The highest BCUT2D eigenvalue weighted by Crippen LogP contribution is 2.36. The van der Waals surface area contributed by atoms with Crippen LogP contribution >= 0.6 is 0 Å². The Kier molecular flexibility index (Phi) is 3.89. The highest BCUT2D eigenvalue weighted by Gasteiger charge is 2.35. The quantitative estimate of drug-likeness (QED) is 0.910. The van der Waals surface area contributed by atoms with Gasteiger partial charge in [0, 0.05) is 25.2 Å². The van der Waals surface area contributed by atoms with Crippen molar-refractivity contribution in [2.75, 3.05) is 13.1 Å². The summed E-state index contributed by atoms with van der Waals surface area (Å²) < 4.78 is 7.42. The van der Waals surface area contributed by atoms with Crippen LogP contribution in [-0.2, 0) is 4.74 Å². The molecule has 2 atom stereocenters. The largest absolute Gasteiger partial charge is 0.444 e. The molecule has 1 aromatic heterocycles. The standard InChI is InChI=1S/C16H25N3O3/c1-16(2,3)22-15(21)18-7-6-14(20)13(10-18)11-8-17-19(9-11)12-4-5-12/h8-9,12-14,20H,4-7,10H2,1-3H3. The topological polar surface area (TPSA) is 67.6 Å². The maximum absolute atomic E-state index is 12.2. The number of aliphatic hydroxyl groups excluding tert-OH is 1. The Balaban J connectivity index is 1.68. The van der Waals surface area contributed by atoms with Crippen LogP contribution in [0, 0.1) is 0 Å². The van der Waals surface area contributed by atoms with Crippen molar-refractivity contribution in [2.45, 2.75) is 63.7 Å². The normalized spacial score (nSPS) is 26.1. The van der Waals surface area contributed by atoms with E-state index < -0.39 is 11.7 Å². The summed E-state index contributed by atoms with van der Waals surface area (Å²) in [6, 6.07) is 0.524. The Hall–Kier alpha value is -1.56. The average molecular weight is 307 g/mol. The number of hydrogen-bond acceptors (Lipinski definition) is 4. The molecule has 2 aliphatic rings. The SMILES string of the molecule is CC(C)(C)OC(=O)N1CCC(O)C(c2cnn(C3CC3)c2)C1. The lowest BCUT2D eigenvalue weighted by Crippen LogP contribution is -2.46. The molecule has 122 valence electrons. The van der Waals surface area contributed by atoms with Crippen LogP contribution in [0.2, 0.25) is 0 Å². The van der Waals surface area contributed by atoms with Crippen molar-refractivity contribution >= 4 is 6.09 Å². The summed E-state index contributed by atoms with van der Waals surface area (Å²) in [7, 11) is 0. The van der Waals surface area contributed by atoms with Crippen LogP contribution < -0.4 is 0 Å². The number of carbonyl (C=O) groups excluding carboxylic acids is 1. The van der Waals surface area contributed by atoms with Crippen LogP contribution in [0.5, 0.6) is 0 Å². The fourth-order valence-electron chi connectivity index (χ4n) is 2.84. The van der Waals surface area contributed by atoms with Gasteiger partial charge >= 0.3 is 6.09 Å². The molecular formula is C16H25N3O3. The molecule has 2 unspecified atom stereocenters. The summed E-state index contributed by atoms with van der Waals surface area (Å²) in [5, 5.41) is 14.7. The van der Waals surface area contributed by atoms with Gasteiger partial charge in [-0.25, -0.2) is 4.79 Å². The molecule has 6 heteroatoms. The maximum Gasteiger partial charge on any atom is 0.410 e. The van der Waals surface area contributed by atoms with Gasteiger partial charge in [-0.3, -0.25) is 4.68 Å². The molecule has 0 bridgehead atoms. The monoisotopic (exact) mass is 307 g/mol. The molecule has 0 aromatic carbocycles. The van der Waals surface area contributed by atoms with Crippen molar-refractivity contribution in [3.63, 3.8) is 0 Å². The highest BCUT2D eigenvalue weighted by molar-refractivity contribution is 5.68. The second-order valence-corrected chi connectivity index (χ2v) is 7.37. The summed E-state index contributed by atoms with van der Waals surface area (Å²) in [5.41, 5.74) is 0.507. The summed E-state index contributed by atoms with van der Waals surface area (Å²) in [6.45, 7) is 6.60. The third-order valence-corrected chi connectivity index (χ3v) is 4.20. The van der Waals surface area contributed by atoms with Crippen molar-refractivity contribution in [3.05, 3.63) is 18.0 Å². The lowest BCUT2D eigenvalue weighted by molar-refractivity contribution is 0.00406. The van der Waals surface area contributed by atoms with Crippen LogP contribution in [0.3, 0.4) is 0 Å². The molecule has 2 fully saturated rings. The predicted octanol–water partition coefficient (Wildman–Crippen LogP) is 2.30. The summed E-state index contributed by atoms with van der Waals surface area (Å²) in [5.74, 6) is -0.0891. The minimum atomic E-state index is -0.500. The zero-order chi connectivity index (χ0) is 15.9. The number of ether oxygens (including phenoxy) is 1. The Bertz CT molecular complexity index is 545. The van der Waals surface area contributed by atoms with Gasteiger partial charge < -0.3 is 14.7 Å². The van der Waals surface area contributed by atoms with Crippen molar-refractivity contribution in [1.29, 1.82) is 0 Å². The number of aromatic nitrogens is 2. The Morgan fingerprint density at radius 2 is 2.09 bits per heavy atom. The first kappa shape index (κ1) is 15.3. The Morgan fingerprint density at radius 3 is 2.73 bits per heavy atom. The minimum Gasteiger partial charge on any atom is -0.444 e. The zero-order valence-corrected chi connectivity index (χ0v) is 13.5. The van der Waals surface area contributed by atoms with Crippen LogP contribution in [0.25, 0.3) is 0 Å². The molecule has 1 saturated carbocycles. The number of rotatable bonds is 2. The van der Waals surface area contributed by atoms with E-state index in [0.717, 1.165) is 5.56 Å². The van der Waals surface area contributed by atoms with Crippen molar-refractivity contribution in [3.8, 4) is 0 Å². The van der Waals surface area contributed by atoms with Crippen LogP contribution in [0.15, 0.2) is 12.4 Å². The van der Waals surface area contributed by atoms with Gasteiger partial charge in [-0.2, -0.15) is 5.10 Å². The van der Waals surface area contributed by atoms with E-state index in [1.807, 2.05) is 37.8 Å². The van der Waals surface area contributed by atoms with Gasteiger partial charge in [0.25, 0.3) is 0 Å². The van der Waals surface area contributed by atoms with Crippen molar-refractivity contribution in [1.82, 2.24) is 14.7 Å². The lowest BCUT2D eigenvalue weighted by Gasteiger charge is -2.36. The molecule has 1 aliphatic heterocycles. The highest BCUT2D eigenvalue weighted by atomic mass is 16.6. The number of nitrogens with zero attached hydrogens (tertiary/aromatic N) is 3. The summed E-state index contributed by atoms with van der Waals surface area (Å²) in [4.78, 5) is 13.9. The molecule has 6 nitrogen and oxygen atoms in total. The number of carbonyl (C=O) groups is 1. The molecule has 1 saturated heterocycles. The van der Waals surface area contributed by atoms with Crippen molar-refractivity contribution < 1.29 is 14.6 Å². The first-order valence-electron chi connectivity index (χ1n) is 8.03. The molecule has 1 amide bonds. The molecule has 0 radical (unpaired) electrons. The van der Waals surface area contributed by atoms with Gasteiger partial charge in [0.15, 0.2) is 0 Å². The maximum atomic E-state index is 12.2. The zero-order valence-electron chi connectivity index (χ0n) is 13.5. The molecule has 1 N–H and O–H groups in total.